The number of pyridine rings is 1. The highest BCUT2D eigenvalue weighted by molar-refractivity contribution is 7.99. The Kier molecular flexibility index (Phi) is 6.13. The van der Waals surface area contributed by atoms with E-state index in [9.17, 15) is 4.79 Å². The molecule has 7 heteroatoms. The van der Waals surface area contributed by atoms with Gasteiger partial charge in [0, 0.05) is 17.3 Å². The number of carbonyl (C=O) groups excluding carboxylic acids is 1. The van der Waals surface area contributed by atoms with Gasteiger partial charge in [-0.1, -0.05) is 43.8 Å². The maximum atomic E-state index is 11.1. The summed E-state index contributed by atoms with van der Waals surface area (Å²) in [5.41, 5.74) is 7.22. The molecule has 0 fully saturated rings. The van der Waals surface area contributed by atoms with Crippen molar-refractivity contribution in [3.8, 4) is 0 Å². The fraction of sp³-hybridized carbons (Fsp3) is 0.250. The first-order chi connectivity index (χ1) is 13.0. The molecule has 140 valence electrons. The number of primary amides is 1. The minimum absolute atomic E-state index is 0.0372. The number of amides is 1. The zero-order valence-corrected chi connectivity index (χ0v) is 16.1. The van der Waals surface area contributed by atoms with Gasteiger partial charge in [0.1, 0.15) is 10.9 Å². The largest absolute Gasteiger partial charge is 0.442 e. The molecule has 0 bridgehead atoms. The van der Waals surface area contributed by atoms with Crippen molar-refractivity contribution in [1.82, 2.24) is 14.5 Å². The van der Waals surface area contributed by atoms with Gasteiger partial charge in [-0.15, -0.1) is 0 Å². The van der Waals surface area contributed by atoms with Crippen LogP contribution >= 0.6 is 11.8 Å². The van der Waals surface area contributed by atoms with Gasteiger partial charge in [-0.3, -0.25) is 4.98 Å². The van der Waals surface area contributed by atoms with Crippen molar-refractivity contribution in [2.24, 2.45) is 5.73 Å². The Bertz CT molecular complexity index is 895. The fourth-order valence-corrected chi connectivity index (χ4v) is 3.85. The zero-order chi connectivity index (χ0) is 19.2. The van der Waals surface area contributed by atoms with Crippen molar-refractivity contribution >= 4 is 17.9 Å². The second-order valence-corrected chi connectivity index (χ2v) is 7.40. The molecule has 0 atom stereocenters. The Morgan fingerprint density at radius 1 is 1.19 bits per heavy atom. The third-order valence-electron chi connectivity index (χ3n) is 3.96. The van der Waals surface area contributed by atoms with Gasteiger partial charge in [-0.25, -0.2) is 9.78 Å². The molecule has 1 aromatic carbocycles. The number of hydrogen-bond acceptors (Lipinski definition) is 5. The van der Waals surface area contributed by atoms with Gasteiger partial charge in [0.2, 0.25) is 0 Å². The number of imidazole rings is 1. The predicted octanol–water partition coefficient (Wildman–Crippen LogP) is 4.20. The van der Waals surface area contributed by atoms with Crippen LogP contribution in [-0.2, 0) is 17.9 Å². The lowest BCUT2D eigenvalue weighted by molar-refractivity contribution is 0.145. The third-order valence-corrected chi connectivity index (χ3v) is 5.09. The number of ether oxygens (including phenoxy) is 1. The number of rotatable bonds is 7. The summed E-state index contributed by atoms with van der Waals surface area (Å²) in [6.45, 7) is 4.85. The normalized spacial score (nSPS) is 10.9. The molecular weight excluding hydrogens is 360 g/mol. The van der Waals surface area contributed by atoms with Gasteiger partial charge < -0.3 is 15.0 Å². The molecule has 0 unspecified atom stereocenters. The van der Waals surface area contributed by atoms with Crippen molar-refractivity contribution < 1.29 is 9.53 Å². The molecule has 0 saturated carbocycles. The van der Waals surface area contributed by atoms with Crippen LogP contribution < -0.4 is 5.73 Å². The molecule has 3 rings (SSSR count). The summed E-state index contributed by atoms with van der Waals surface area (Å²) in [5, 5.41) is 1.04. The summed E-state index contributed by atoms with van der Waals surface area (Å²) in [4.78, 5) is 21.1. The van der Waals surface area contributed by atoms with E-state index in [1.54, 1.807) is 24.2 Å². The molecule has 2 aromatic heterocycles. The van der Waals surface area contributed by atoms with Crippen molar-refractivity contribution in [3.63, 3.8) is 0 Å². The van der Waals surface area contributed by atoms with Crippen molar-refractivity contribution in [2.75, 3.05) is 0 Å². The molecule has 0 aliphatic heterocycles. The van der Waals surface area contributed by atoms with E-state index in [0.29, 0.717) is 12.4 Å². The maximum absolute atomic E-state index is 11.1. The van der Waals surface area contributed by atoms with E-state index in [2.05, 4.69) is 35.5 Å². The molecule has 0 aliphatic carbocycles. The summed E-state index contributed by atoms with van der Waals surface area (Å²) in [7, 11) is 0. The molecule has 0 radical (unpaired) electrons. The smallest absolute Gasteiger partial charge is 0.404 e. The number of hydrogen-bond donors (Lipinski definition) is 1. The summed E-state index contributed by atoms with van der Waals surface area (Å²) in [6.07, 6.45) is 2.72. The number of nitrogens with zero attached hydrogens (tertiary/aromatic N) is 3. The van der Waals surface area contributed by atoms with E-state index >= 15 is 0 Å². The second kappa shape index (κ2) is 8.73. The van der Waals surface area contributed by atoms with Gasteiger partial charge in [-0.2, -0.15) is 0 Å². The van der Waals surface area contributed by atoms with Crippen LogP contribution in [0.15, 0.2) is 64.8 Å². The minimum Gasteiger partial charge on any atom is -0.442 e. The quantitative estimate of drug-likeness (QED) is 0.662. The highest BCUT2D eigenvalue weighted by atomic mass is 32.2. The first kappa shape index (κ1) is 19.0. The van der Waals surface area contributed by atoms with Crippen LogP contribution in [0.25, 0.3) is 0 Å². The number of aromatic nitrogens is 3. The number of nitrogens with two attached hydrogens (primary N) is 1. The fourth-order valence-electron chi connectivity index (χ4n) is 2.67. The highest BCUT2D eigenvalue weighted by Crippen LogP contribution is 2.35. The Labute approximate surface area is 162 Å². The van der Waals surface area contributed by atoms with Gasteiger partial charge in [0.05, 0.1) is 12.2 Å². The van der Waals surface area contributed by atoms with Crippen molar-refractivity contribution in [1.29, 1.82) is 0 Å². The number of benzene rings is 1. The molecule has 0 spiro atoms. The lowest BCUT2D eigenvalue weighted by Gasteiger charge is -2.13. The molecule has 2 N–H and O–H groups in total. The Hall–Kier alpha value is -2.80. The lowest BCUT2D eigenvalue weighted by Crippen LogP contribution is -2.15. The first-order valence-corrected chi connectivity index (χ1v) is 9.49. The molecular formula is C20H22N4O2S. The monoisotopic (exact) mass is 382 g/mol. The number of carbonyl (C=O) groups is 1. The molecule has 27 heavy (non-hydrogen) atoms. The van der Waals surface area contributed by atoms with Gasteiger partial charge in [-0.05, 0) is 35.7 Å². The second-order valence-electron chi connectivity index (χ2n) is 6.34. The Morgan fingerprint density at radius 3 is 2.52 bits per heavy atom. The van der Waals surface area contributed by atoms with Crippen molar-refractivity contribution in [3.05, 3.63) is 71.9 Å². The van der Waals surface area contributed by atoms with Crippen LogP contribution in [0.3, 0.4) is 0 Å². The predicted molar refractivity (Wildman–Crippen MR) is 105 cm³/mol. The van der Waals surface area contributed by atoms with Gasteiger partial charge in [0.15, 0.2) is 6.61 Å². The maximum Gasteiger partial charge on any atom is 0.404 e. The van der Waals surface area contributed by atoms with Crippen LogP contribution in [0.5, 0.6) is 0 Å². The molecule has 0 saturated heterocycles. The standard InChI is InChI=1S/C20H22N4O2S/c1-14(2)18-19(27-16-6-4-3-5-7-16)24(12-15-8-10-22-11-9-15)17(23-18)13-26-20(21)25/h3-11,14H,12-13H2,1-2H3,(H2,21,25). The summed E-state index contributed by atoms with van der Waals surface area (Å²) >= 11 is 1.66. The molecule has 3 aromatic rings. The average molecular weight is 382 g/mol. The van der Waals surface area contributed by atoms with E-state index < -0.39 is 6.09 Å². The van der Waals surface area contributed by atoms with Crippen LogP contribution in [0.2, 0.25) is 0 Å². The first-order valence-electron chi connectivity index (χ1n) is 8.68. The third kappa shape index (κ3) is 4.89. The average Bonchev–Trinajstić information content (AvgIpc) is 2.99. The summed E-state index contributed by atoms with van der Waals surface area (Å²) in [5.74, 6) is 0.898. The van der Waals surface area contributed by atoms with Gasteiger partial charge in [0.25, 0.3) is 0 Å². The molecule has 1 amide bonds. The highest BCUT2D eigenvalue weighted by Gasteiger charge is 2.21. The van der Waals surface area contributed by atoms with Crippen LogP contribution in [0.1, 0.15) is 36.8 Å². The van der Waals surface area contributed by atoms with E-state index in [-0.39, 0.29) is 12.5 Å². The summed E-state index contributed by atoms with van der Waals surface area (Å²) in [6, 6.07) is 14.1. The van der Waals surface area contributed by atoms with E-state index in [4.69, 9.17) is 15.5 Å². The van der Waals surface area contributed by atoms with E-state index in [1.807, 2.05) is 30.3 Å². The molecule has 6 nitrogen and oxygen atoms in total. The summed E-state index contributed by atoms with van der Waals surface area (Å²) < 4.78 is 7.13. The Balaban J connectivity index is 2.04. The van der Waals surface area contributed by atoms with Gasteiger partial charge >= 0.3 is 6.09 Å². The molecule has 2 heterocycles. The van der Waals surface area contributed by atoms with Crippen LogP contribution in [0.4, 0.5) is 4.79 Å². The van der Waals surface area contributed by atoms with E-state index in [1.165, 1.54) is 0 Å². The van der Waals surface area contributed by atoms with E-state index in [0.717, 1.165) is 21.2 Å². The zero-order valence-electron chi connectivity index (χ0n) is 15.3. The van der Waals surface area contributed by atoms with Crippen LogP contribution in [0, 0.1) is 0 Å². The lowest BCUT2D eigenvalue weighted by atomic mass is 10.1. The minimum atomic E-state index is -0.808. The topological polar surface area (TPSA) is 83.0 Å². The Morgan fingerprint density at radius 2 is 1.89 bits per heavy atom. The SMILES string of the molecule is CC(C)c1nc(COC(N)=O)n(Cc2ccncc2)c1Sc1ccccc1. The van der Waals surface area contributed by atoms with Crippen LogP contribution in [-0.4, -0.2) is 20.6 Å². The molecule has 0 aliphatic rings. The van der Waals surface area contributed by atoms with Crippen molar-refractivity contribution in [2.45, 2.75) is 42.8 Å².